The SMILES string of the molecule is Cc1nn(C)c(C)c1-c1c(Cl)ccc2c(CCCOc3cccc4cc(F)ccc34)c(C(=O)OC(C)(C)C)n(CCCCCN(C)C(=O)OC(C)(C)C)c12. The van der Waals surface area contributed by atoms with Crippen molar-refractivity contribution in [1.29, 1.82) is 0 Å². The molecule has 0 N–H and O–H groups in total. The average Bonchev–Trinajstić information content (AvgIpc) is 3.52. The van der Waals surface area contributed by atoms with Crippen LogP contribution in [0.3, 0.4) is 0 Å². The lowest BCUT2D eigenvalue weighted by atomic mass is 9.98. The molecular weight excluding hydrogens is 707 g/mol. The number of halogens is 2. The molecule has 0 aliphatic carbocycles. The number of ether oxygens (including phenoxy) is 3. The van der Waals surface area contributed by atoms with Gasteiger partial charge in [-0.3, -0.25) is 4.68 Å². The van der Waals surface area contributed by atoms with Crippen molar-refractivity contribution in [3.8, 4) is 16.9 Å². The monoisotopic (exact) mass is 760 g/mol. The van der Waals surface area contributed by atoms with Crippen LogP contribution >= 0.6 is 11.6 Å². The number of unbranched alkanes of at least 4 members (excludes halogenated alkanes) is 2. The Morgan fingerprint density at radius 3 is 2.26 bits per heavy atom. The third-order valence-electron chi connectivity index (χ3n) is 9.34. The molecule has 5 rings (SSSR count). The quantitative estimate of drug-likeness (QED) is 0.0877. The highest BCUT2D eigenvalue weighted by Crippen LogP contribution is 2.42. The highest BCUT2D eigenvalue weighted by atomic mass is 35.5. The fourth-order valence-corrected chi connectivity index (χ4v) is 7.16. The van der Waals surface area contributed by atoms with Crippen LogP contribution in [0.25, 0.3) is 32.8 Å². The van der Waals surface area contributed by atoms with Crippen LogP contribution in [0, 0.1) is 19.7 Å². The lowest BCUT2D eigenvalue weighted by Gasteiger charge is -2.24. The molecule has 290 valence electrons. The zero-order valence-corrected chi connectivity index (χ0v) is 34.1. The first kappa shape index (κ1) is 40.6. The number of nitrogens with zero attached hydrogens (tertiary/aromatic N) is 4. The van der Waals surface area contributed by atoms with E-state index in [9.17, 15) is 14.0 Å². The molecule has 2 aromatic heterocycles. The predicted octanol–water partition coefficient (Wildman–Crippen LogP) is 10.6. The Kier molecular flexibility index (Phi) is 12.4. The van der Waals surface area contributed by atoms with Crippen LogP contribution in [0.5, 0.6) is 5.75 Å². The Bertz CT molecular complexity index is 2160. The van der Waals surface area contributed by atoms with Gasteiger partial charge < -0.3 is 23.7 Å². The molecule has 2 heterocycles. The van der Waals surface area contributed by atoms with E-state index in [2.05, 4.69) is 4.57 Å². The summed E-state index contributed by atoms with van der Waals surface area (Å²) in [6, 6.07) is 14.2. The Hall–Kier alpha value is -4.57. The number of amides is 1. The molecule has 0 aliphatic heterocycles. The Balaban J connectivity index is 1.52. The number of fused-ring (bicyclic) bond motifs is 2. The van der Waals surface area contributed by atoms with Gasteiger partial charge in [0.05, 0.1) is 22.8 Å². The molecule has 0 bridgehead atoms. The van der Waals surface area contributed by atoms with E-state index >= 15 is 0 Å². The summed E-state index contributed by atoms with van der Waals surface area (Å²) >= 11 is 7.10. The number of hydrogen-bond donors (Lipinski definition) is 0. The van der Waals surface area contributed by atoms with E-state index in [0.717, 1.165) is 69.0 Å². The zero-order chi connectivity index (χ0) is 39.5. The van der Waals surface area contributed by atoms with Crippen LogP contribution in [0.2, 0.25) is 5.02 Å². The van der Waals surface area contributed by atoms with Crippen LogP contribution in [0.15, 0.2) is 48.5 Å². The third-order valence-corrected chi connectivity index (χ3v) is 9.66. The molecule has 0 radical (unpaired) electrons. The summed E-state index contributed by atoms with van der Waals surface area (Å²) in [5.74, 6) is -0.0248. The van der Waals surface area contributed by atoms with E-state index < -0.39 is 17.2 Å². The van der Waals surface area contributed by atoms with E-state index in [-0.39, 0.29) is 11.9 Å². The van der Waals surface area contributed by atoms with Crippen LogP contribution in [0.1, 0.15) is 94.7 Å². The third kappa shape index (κ3) is 9.38. The summed E-state index contributed by atoms with van der Waals surface area (Å²) in [6.45, 7) is 16.6. The van der Waals surface area contributed by atoms with Crippen LogP contribution < -0.4 is 4.74 Å². The van der Waals surface area contributed by atoms with Crippen molar-refractivity contribution in [2.75, 3.05) is 20.2 Å². The Labute approximate surface area is 323 Å². The van der Waals surface area contributed by atoms with Gasteiger partial charge in [-0.15, -0.1) is 0 Å². The lowest BCUT2D eigenvalue weighted by molar-refractivity contribution is 0.00558. The zero-order valence-electron chi connectivity index (χ0n) is 33.4. The first-order valence-electron chi connectivity index (χ1n) is 18.7. The van der Waals surface area contributed by atoms with Gasteiger partial charge in [0, 0.05) is 54.8 Å². The van der Waals surface area contributed by atoms with Gasteiger partial charge in [0.25, 0.3) is 0 Å². The van der Waals surface area contributed by atoms with E-state index in [1.165, 1.54) is 12.1 Å². The van der Waals surface area contributed by atoms with E-state index in [0.29, 0.717) is 49.0 Å². The molecule has 54 heavy (non-hydrogen) atoms. The molecule has 0 atom stereocenters. The Morgan fingerprint density at radius 1 is 0.889 bits per heavy atom. The second-order valence-corrected chi connectivity index (χ2v) is 16.4. The maximum absolute atomic E-state index is 14.3. The molecule has 11 heteroatoms. The molecule has 5 aromatic rings. The van der Waals surface area contributed by atoms with Gasteiger partial charge in [0.2, 0.25) is 0 Å². The minimum atomic E-state index is -0.726. The first-order chi connectivity index (χ1) is 25.4. The molecule has 0 fully saturated rings. The minimum Gasteiger partial charge on any atom is -0.493 e. The first-order valence-corrected chi connectivity index (χ1v) is 19.1. The number of esters is 1. The van der Waals surface area contributed by atoms with Crippen molar-refractivity contribution < 1.29 is 28.2 Å². The number of carbonyl (C=O) groups is 2. The van der Waals surface area contributed by atoms with Crippen LogP contribution in [-0.4, -0.2) is 62.7 Å². The van der Waals surface area contributed by atoms with Gasteiger partial charge in [-0.25, -0.2) is 14.0 Å². The largest absolute Gasteiger partial charge is 0.493 e. The van der Waals surface area contributed by atoms with Crippen molar-refractivity contribution in [3.63, 3.8) is 0 Å². The van der Waals surface area contributed by atoms with Gasteiger partial charge in [-0.1, -0.05) is 29.8 Å². The fourth-order valence-electron chi connectivity index (χ4n) is 6.91. The molecular formula is C43H54ClFN4O5. The molecule has 0 aliphatic rings. The van der Waals surface area contributed by atoms with Crippen molar-refractivity contribution in [2.45, 2.75) is 105 Å². The maximum Gasteiger partial charge on any atom is 0.410 e. The molecule has 9 nitrogen and oxygen atoms in total. The number of aryl methyl sites for hydroxylation is 4. The number of rotatable bonds is 13. The van der Waals surface area contributed by atoms with Gasteiger partial charge in [0.15, 0.2) is 0 Å². The molecule has 3 aromatic carbocycles. The molecule has 0 saturated carbocycles. The van der Waals surface area contributed by atoms with Gasteiger partial charge in [0.1, 0.15) is 28.5 Å². The minimum absolute atomic E-state index is 0.296. The van der Waals surface area contributed by atoms with Gasteiger partial charge in [-0.05, 0) is 129 Å². The van der Waals surface area contributed by atoms with E-state index in [1.54, 1.807) is 18.0 Å². The van der Waals surface area contributed by atoms with E-state index in [4.69, 9.17) is 30.9 Å². The van der Waals surface area contributed by atoms with Crippen molar-refractivity contribution >= 4 is 45.3 Å². The number of hydrogen-bond acceptors (Lipinski definition) is 6. The van der Waals surface area contributed by atoms with Crippen molar-refractivity contribution in [1.82, 2.24) is 19.2 Å². The molecule has 0 unspecified atom stereocenters. The normalized spacial score (nSPS) is 12.1. The predicted molar refractivity (Wildman–Crippen MR) is 214 cm³/mol. The smallest absolute Gasteiger partial charge is 0.410 e. The van der Waals surface area contributed by atoms with Gasteiger partial charge in [-0.2, -0.15) is 5.10 Å². The number of carbonyl (C=O) groups excluding carboxylic acids is 2. The summed E-state index contributed by atoms with van der Waals surface area (Å²) < 4.78 is 35.7. The summed E-state index contributed by atoms with van der Waals surface area (Å²) in [6.07, 6.45) is 3.09. The second-order valence-electron chi connectivity index (χ2n) is 16.0. The second kappa shape index (κ2) is 16.4. The van der Waals surface area contributed by atoms with Gasteiger partial charge >= 0.3 is 12.1 Å². The number of aromatic nitrogens is 3. The van der Waals surface area contributed by atoms with Crippen molar-refractivity contribution in [3.05, 3.63) is 82.0 Å². The lowest BCUT2D eigenvalue weighted by Crippen LogP contribution is -2.34. The topological polar surface area (TPSA) is 87.8 Å². The van der Waals surface area contributed by atoms with Crippen LogP contribution in [0.4, 0.5) is 9.18 Å². The van der Waals surface area contributed by atoms with Crippen molar-refractivity contribution in [2.24, 2.45) is 7.05 Å². The Morgan fingerprint density at radius 2 is 1.59 bits per heavy atom. The summed E-state index contributed by atoms with van der Waals surface area (Å²) in [5, 5.41) is 7.80. The fraction of sp³-hybridized carbons (Fsp3) is 0.465. The molecule has 0 spiro atoms. The molecule has 1 amide bonds. The standard InChI is InChI=1S/C43H54ClFN4O5/c1-27-36(28(2)48(10)46-27)37-34(44)22-21-33-32(17-15-25-52-35-18-14-16-29-26-30(45)19-20-31(29)35)39(40(50)53-42(3,4)5)49(38(33)37)24-13-11-12-23-47(9)41(51)54-43(6,7)8/h14,16,18-22,26H,11-13,15,17,23-25H2,1-10H3. The molecule has 0 saturated heterocycles. The highest BCUT2D eigenvalue weighted by Gasteiger charge is 2.30. The van der Waals surface area contributed by atoms with E-state index in [1.807, 2.05) is 97.5 Å². The summed E-state index contributed by atoms with van der Waals surface area (Å²) in [5.41, 5.74) is 4.49. The summed E-state index contributed by atoms with van der Waals surface area (Å²) in [7, 11) is 3.66. The highest BCUT2D eigenvalue weighted by molar-refractivity contribution is 6.35. The maximum atomic E-state index is 14.3. The summed E-state index contributed by atoms with van der Waals surface area (Å²) in [4.78, 5) is 28.5. The van der Waals surface area contributed by atoms with Crippen LogP contribution in [-0.2, 0) is 29.5 Å². The average molecular weight is 761 g/mol. The number of benzene rings is 3.